The first kappa shape index (κ1) is 37.0. The van der Waals surface area contributed by atoms with Crippen molar-refractivity contribution in [2.24, 2.45) is 0 Å². The Labute approximate surface area is 340 Å². The van der Waals surface area contributed by atoms with E-state index in [1.165, 1.54) is 21.0 Å². The lowest BCUT2D eigenvalue weighted by Crippen LogP contribution is -2.17. The molecule has 6 heteroatoms. The van der Waals surface area contributed by atoms with Crippen molar-refractivity contribution in [3.8, 4) is 56.5 Å². The van der Waals surface area contributed by atoms with E-state index in [9.17, 15) is 5.11 Å². The standard InChI is InChI=1S/C51H50N4OS/c1-30-25-32(26-39-46(30)57-43-22-20-35-23-24-52-47(39)54(35)43)36-17-14-18-42-44(36)53-48(38-28-34(50(5,6)7)29-40(45(38)56)51(8,9)10)55(42)41-21-19-33(49(2,3)4)27-37(41)31-15-12-11-13-16-31/h11-29,56H,1-10H3. The number of hydrogen-bond donors (Lipinski definition) is 1. The van der Waals surface area contributed by atoms with Gasteiger partial charge in [-0.25, -0.2) is 9.97 Å². The topological polar surface area (TPSA) is 55.4 Å². The largest absolute Gasteiger partial charge is 0.507 e. The molecule has 0 aliphatic carbocycles. The van der Waals surface area contributed by atoms with Gasteiger partial charge < -0.3 is 5.11 Å². The third-order valence-electron chi connectivity index (χ3n) is 11.5. The Balaban J connectivity index is 1.38. The molecule has 0 fully saturated rings. The van der Waals surface area contributed by atoms with Crippen LogP contribution in [0.15, 0.2) is 125 Å². The summed E-state index contributed by atoms with van der Waals surface area (Å²) in [6.45, 7) is 22.2. The van der Waals surface area contributed by atoms with E-state index in [1.807, 2.05) is 6.20 Å². The molecule has 9 rings (SSSR count). The second-order valence-corrected chi connectivity index (χ2v) is 19.7. The number of para-hydroxylation sites is 1. The highest BCUT2D eigenvalue weighted by Gasteiger charge is 2.30. The molecule has 5 nitrogen and oxygen atoms in total. The maximum Gasteiger partial charge on any atom is 0.149 e. The van der Waals surface area contributed by atoms with Crippen LogP contribution in [0.25, 0.3) is 67.3 Å². The summed E-state index contributed by atoms with van der Waals surface area (Å²) in [6, 6.07) is 39.3. The second kappa shape index (κ2) is 13.0. The fraction of sp³-hybridized carbons (Fsp3) is 0.255. The van der Waals surface area contributed by atoms with Gasteiger partial charge in [0.15, 0.2) is 0 Å². The van der Waals surface area contributed by atoms with Gasteiger partial charge in [-0.3, -0.25) is 8.97 Å². The van der Waals surface area contributed by atoms with E-state index >= 15 is 0 Å². The Morgan fingerprint density at radius 2 is 1.33 bits per heavy atom. The first-order valence-corrected chi connectivity index (χ1v) is 20.7. The van der Waals surface area contributed by atoms with Gasteiger partial charge in [0.25, 0.3) is 0 Å². The highest BCUT2D eigenvalue weighted by Crippen LogP contribution is 2.48. The molecule has 8 aromatic rings. The molecule has 1 N–H and O–H groups in total. The molecule has 0 saturated carbocycles. The zero-order chi connectivity index (χ0) is 40.2. The van der Waals surface area contributed by atoms with Crippen molar-refractivity contribution in [1.82, 2.24) is 18.9 Å². The van der Waals surface area contributed by atoms with E-state index in [2.05, 4.69) is 187 Å². The molecule has 4 heterocycles. The van der Waals surface area contributed by atoms with E-state index in [0.29, 0.717) is 5.82 Å². The lowest BCUT2D eigenvalue weighted by atomic mass is 9.79. The van der Waals surface area contributed by atoms with Crippen LogP contribution < -0.4 is 0 Å². The number of hydrogen-bond acceptors (Lipinski definition) is 4. The van der Waals surface area contributed by atoms with Gasteiger partial charge in [0, 0.05) is 38.9 Å². The summed E-state index contributed by atoms with van der Waals surface area (Å²) < 4.78 is 4.55. The number of phenolic OH excluding ortho intramolecular Hbond substituents is 1. The summed E-state index contributed by atoms with van der Waals surface area (Å²) >= 11 is 1.80. The summed E-state index contributed by atoms with van der Waals surface area (Å²) in [5.74, 6) is 1.93. The monoisotopic (exact) mass is 766 g/mol. The number of rotatable bonds is 4. The number of aromatic hydroxyl groups is 1. The number of benzene rings is 5. The fourth-order valence-corrected chi connectivity index (χ4v) is 9.36. The third kappa shape index (κ3) is 6.17. The molecule has 1 aliphatic rings. The summed E-state index contributed by atoms with van der Waals surface area (Å²) in [6.07, 6.45) is 1.91. The molecular formula is C51H50N4OS. The van der Waals surface area contributed by atoms with Gasteiger partial charge in [0.05, 0.1) is 27.3 Å². The van der Waals surface area contributed by atoms with E-state index in [0.717, 1.165) is 72.6 Å². The smallest absolute Gasteiger partial charge is 0.149 e. The predicted octanol–water partition coefficient (Wildman–Crippen LogP) is 13.7. The average molecular weight is 767 g/mol. The average Bonchev–Trinajstić information content (AvgIpc) is 3.76. The van der Waals surface area contributed by atoms with Crippen LogP contribution in [0.4, 0.5) is 0 Å². The van der Waals surface area contributed by atoms with Crippen molar-refractivity contribution in [2.75, 3.05) is 0 Å². The molecule has 57 heavy (non-hydrogen) atoms. The van der Waals surface area contributed by atoms with Crippen molar-refractivity contribution in [3.63, 3.8) is 0 Å². The molecule has 0 spiro atoms. The van der Waals surface area contributed by atoms with Crippen LogP contribution in [0.2, 0.25) is 0 Å². The summed E-state index contributed by atoms with van der Waals surface area (Å²) in [7, 11) is 0. The highest BCUT2D eigenvalue weighted by atomic mass is 32.2. The lowest BCUT2D eigenvalue weighted by Gasteiger charge is -2.28. The van der Waals surface area contributed by atoms with Gasteiger partial charge in [-0.2, -0.15) is 0 Å². The molecule has 5 aromatic carbocycles. The van der Waals surface area contributed by atoms with Crippen LogP contribution in [0, 0.1) is 6.92 Å². The number of nitrogens with zero attached hydrogens (tertiary/aromatic N) is 4. The van der Waals surface area contributed by atoms with Gasteiger partial charge in [-0.15, -0.1) is 0 Å². The van der Waals surface area contributed by atoms with Crippen LogP contribution in [0.1, 0.15) is 84.6 Å². The van der Waals surface area contributed by atoms with Crippen molar-refractivity contribution in [2.45, 2.75) is 95.4 Å². The number of imidazole rings is 1. The van der Waals surface area contributed by atoms with E-state index in [4.69, 9.17) is 9.97 Å². The Hall–Kier alpha value is -5.59. The molecular weight excluding hydrogens is 717 g/mol. The van der Waals surface area contributed by atoms with Gasteiger partial charge >= 0.3 is 0 Å². The number of phenols is 1. The van der Waals surface area contributed by atoms with E-state index in [1.54, 1.807) is 11.8 Å². The molecule has 0 unspecified atom stereocenters. The normalized spacial score (nSPS) is 13.1. The summed E-state index contributed by atoms with van der Waals surface area (Å²) in [5, 5.41) is 13.6. The van der Waals surface area contributed by atoms with Crippen molar-refractivity contribution in [1.29, 1.82) is 0 Å². The third-order valence-corrected chi connectivity index (χ3v) is 12.7. The first-order chi connectivity index (χ1) is 27.0. The van der Waals surface area contributed by atoms with Crippen LogP contribution in [0.5, 0.6) is 5.75 Å². The SMILES string of the molecule is Cc1cc(-c2cccc3c2nc(-c2cc(C(C)(C)C)cc(C(C)(C)C)c2O)n3-c2ccc(C(C)(C)C)cc2-c2ccccc2)cc2c1Sc1ccc3ccnc-2n13. The maximum atomic E-state index is 12.4. The van der Waals surface area contributed by atoms with E-state index < -0.39 is 0 Å². The van der Waals surface area contributed by atoms with Gasteiger partial charge in [-0.1, -0.05) is 135 Å². The molecule has 0 amide bonds. The molecule has 0 atom stereocenters. The van der Waals surface area contributed by atoms with Crippen LogP contribution >= 0.6 is 11.8 Å². The molecule has 0 saturated heterocycles. The van der Waals surface area contributed by atoms with Crippen LogP contribution in [0.3, 0.4) is 0 Å². The molecule has 286 valence electrons. The quantitative estimate of drug-likeness (QED) is 0.194. The first-order valence-electron chi connectivity index (χ1n) is 19.9. The Morgan fingerprint density at radius 1 is 0.596 bits per heavy atom. The molecule has 1 aliphatic heterocycles. The number of fused-ring (bicyclic) bond motifs is 3. The van der Waals surface area contributed by atoms with Gasteiger partial charge in [0.2, 0.25) is 0 Å². The lowest BCUT2D eigenvalue weighted by molar-refractivity contribution is 0.446. The summed E-state index contributed by atoms with van der Waals surface area (Å²) in [4.78, 5) is 11.8. The van der Waals surface area contributed by atoms with Crippen molar-refractivity contribution < 1.29 is 5.11 Å². The Kier molecular flexibility index (Phi) is 8.42. The number of aryl methyl sites for hydroxylation is 1. The van der Waals surface area contributed by atoms with Gasteiger partial charge in [0.1, 0.15) is 17.4 Å². The second-order valence-electron chi connectivity index (χ2n) is 18.7. The number of aromatic nitrogens is 4. The Morgan fingerprint density at radius 3 is 2.05 bits per heavy atom. The van der Waals surface area contributed by atoms with E-state index in [-0.39, 0.29) is 22.0 Å². The fourth-order valence-electron chi connectivity index (χ4n) is 8.25. The molecule has 0 radical (unpaired) electrons. The van der Waals surface area contributed by atoms with Gasteiger partial charge in [-0.05, 0) is 99.5 Å². The zero-order valence-electron chi connectivity index (χ0n) is 34.6. The zero-order valence-corrected chi connectivity index (χ0v) is 35.4. The minimum absolute atomic E-state index is 0.0564. The van der Waals surface area contributed by atoms with Crippen LogP contribution in [-0.4, -0.2) is 24.0 Å². The summed E-state index contributed by atoms with van der Waals surface area (Å²) in [5.41, 5.74) is 14.2. The minimum Gasteiger partial charge on any atom is -0.507 e. The van der Waals surface area contributed by atoms with Crippen molar-refractivity contribution >= 4 is 28.3 Å². The van der Waals surface area contributed by atoms with Crippen LogP contribution in [-0.2, 0) is 16.2 Å². The molecule has 0 bridgehead atoms. The minimum atomic E-state index is -0.305. The predicted molar refractivity (Wildman–Crippen MR) is 238 cm³/mol. The maximum absolute atomic E-state index is 12.4. The molecule has 3 aromatic heterocycles. The Bertz CT molecular complexity index is 2890. The van der Waals surface area contributed by atoms with Crippen molar-refractivity contribution in [3.05, 3.63) is 138 Å². The highest BCUT2D eigenvalue weighted by molar-refractivity contribution is 7.99.